The number of carbonyl (C=O) groups excluding carboxylic acids is 1. The van der Waals surface area contributed by atoms with Gasteiger partial charge in [0.05, 0.1) is 24.8 Å². The van der Waals surface area contributed by atoms with Crippen LogP contribution in [0.4, 0.5) is 5.69 Å². The molecule has 1 aliphatic rings. The smallest absolute Gasteiger partial charge is 0.252 e. The van der Waals surface area contributed by atoms with Gasteiger partial charge in [-0.15, -0.1) is 0 Å². The zero-order valence-electron chi connectivity index (χ0n) is 8.00. The van der Waals surface area contributed by atoms with Gasteiger partial charge in [-0.2, -0.15) is 0 Å². The van der Waals surface area contributed by atoms with E-state index in [0.717, 1.165) is 4.47 Å². The van der Waals surface area contributed by atoms with Crippen molar-refractivity contribution in [3.8, 4) is 0 Å². The number of nitrogen functional groups attached to an aromatic ring is 1. The molecule has 3 N–H and O–H groups in total. The van der Waals surface area contributed by atoms with E-state index in [-0.39, 0.29) is 11.9 Å². The van der Waals surface area contributed by atoms with Crippen LogP contribution in [-0.2, 0) is 4.74 Å². The lowest BCUT2D eigenvalue weighted by Crippen LogP contribution is -2.48. The minimum atomic E-state index is -0.123. The number of amides is 1. The Balaban J connectivity index is 2.12. The van der Waals surface area contributed by atoms with Crippen LogP contribution < -0.4 is 11.1 Å². The SMILES string of the molecule is Nc1ccc(Br)c(C(=O)NC2COC2)c1. The van der Waals surface area contributed by atoms with Gasteiger partial charge in [0, 0.05) is 10.2 Å². The van der Waals surface area contributed by atoms with E-state index >= 15 is 0 Å². The molecule has 0 bridgehead atoms. The van der Waals surface area contributed by atoms with Gasteiger partial charge in [-0.25, -0.2) is 0 Å². The summed E-state index contributed by atoms with van der Waals surface area (Å²) in [6, 6.07) is 5.29. The summed E-state index contributed by atoms with van der Waals surface area (Å²) in [4.78, 5) is 11.8. The number of halogens is 1. The largest absolute Gasteiger partial charge is 0.399 e. The van der Waals surface area contributed by atoms with Crippen molar-refractivity contribution in [3.05, 3.63) is 28.2 Å². The molecular weight excluding hydrogens is 260 g/mol. The molecule has 1 amide bonds. The van der Waals surface area contributed by atoms with Crippen LogP contribution in [0.3, 0.4) is 0 Å². The number of nitrogens with one attached hydrogen (secondary N) is 1. The number of nitrogens with two attached hydrogens (primary N) is 1. The Morgan fingerprint density at radius 3 is 2.87 bits per heavy atom. The molecular formula is C10H11BrN2O2. The third-order valence-electron chi connectivity index (χ3n) is 2.21. The van der Waals surface area contributed by atoms with Crippen LogP contribution in [0.25, 0.3) is 0 Å². The highest BCUT2D eigenvalue weighted by molar-refractivity contribution is 9.10. The fourth-order valence-electron chi connectivity index (χ4n) is 1.30. The van der Waals surface area contributed by atoms with Crippen LogP contribution in [0, 0.1) is 0 Å². The molecule has 15 heavy (non-hydrogen) atoms. The van der Waals surface area contributed by atoms with Crippen molar-refractivity contribution >= 4 is 27.5 Å². The third kappa shape index (κ3) is 2.30. The van der Waals surface area contributed by atoms with E-state index in [9.17, 15) is 4.79 Å². The molecule has 5 heteroatoms. The predicted octanol–water partition coefficient (Wildman–Crippen LogP) is 1.16. The Labute approximate surface area is 95.9 Å². The average molecular weight is 271 g/mol. The molecule has 1 saturated heterocycles. The van der Waals surface area contributed by atoms with Gasteiger partial charge in [0.1, 0.15) is 0 Å². The number of carbonyl (C=O) groups is 1. The molecule has 0 aliphatic carbocycles. The summed E-state index contributed by atoms with van der Waals surface area (Å²) in [5.74, 6) is -0.123. The molecule has 0 spiro atoms. The predicted molar refractivity (Wildman–Crippen MR) is 60.6 cm³/mol. The minimum absolute atomic E-state index is 0.123. The monoisotopic (exact) mass is 270 g/mol. The highest BCUT2D eigenvalue weighted by atomic mass is 79.9. The van der Waals surface area contributed by atoms with Gasteiger partial charge in [-0.3, -0.25) is 4.79 Å². The molecule has 1 aromatic carbocycles. The average Bonchev–Trinajstić information content (AvgIpc) is 2.15. The van der Waals surface area contributed by atoms with Gasteiger partial charge in [-0.05, 0) is 34.1 Å². The zero-order valence-corrected chi connectivity index (χ0v) is 9.58. The van der Waals surface area contributed by atoms with Gasteiger partial charge in [-0.1, -0.05) is 0 Å². The third-order valence-corrected chi connectivity index (χ3v) is 2.90. The van der Waals surface area contributed by atoms with Gasteiger partial charge in [0.2, 0.25) is 0 Å². The van der Waals surface area contributed by atoms with Crippen LogP contribution >= 0.6 is 15.9 Å². The molecule has 0 aromatic heterocycles. The van der Waals surface area contributed by atoms with Gasteiger partial charge in [0.15, 0.2) is 0 Å². The number of anilines is 1. The van der Waals surface area contributed by atoms with E-state index in [2.05, 4.69) is 21.2 Å². The van der Waals surface area contributed by atoms with Gasteiger partial charge >= 0.3 is 0 Å². The molecule has 4 nitrogen and oxygen atoms in total. The number of benzene rings is 1. The first-order chi connectivity index (χ1) is 7.16. The maximum Gasteiger partial charge on any atom is 0.252 e. The standard InChI is InChI=1S/C10H11BrN2O2/c11-9-2-1-6(12)3-8(9)10(14)13-7-4-15-5-7/h1-3,7H,4-5,12H2,(H,13,14). The van der Waals surface area contributed by atoms with Crippen LogP contribution in [0.1, 0.15) is 10.4 Å². The molecule has 0 unspecified atom stereocenters. The fraction of sp³-hybridized carbons (Fsp3) is 0.300. The summed E-state index contributed by atoms with van der Waals surface area (Å²) in [5.41, 5.74) is 6.75. The van der Waals surface area contributed by atoms with E-state index in [1.807, 2.05) is 0 Å². The Morgan fingerprint density at radius 2 is 2.27 bits per heavy atom. The summed E-state index contributed by atoms with van der Waals surface area (Å²) in [7, 11) is 0. The van der Waals surface area contributed by atoms with Crippen molar-refractivity contribution in [2.45, 2.75) is 6.04 Å². The first-order valence-electron chi connectivity index (χ1n) is 4.60. The van der Waals surface area contributed by atoms with Crippen molar-refractivity contribution in [1.82, 2.24) is 5.32 Å². The van der Waals surface area contributed by atoms with Crippen molar-refractivity contribution < 1.29 is 9.53 Å². The lowest BCUT2D eigenvalue weighted by molar-refractivity contribution is -0.00347. The second-order valence-corrected chi connectivity index (χ2v) is 4.30. The lowest BCUT2D eigenvalue weighted by atomic mass is 10.1. The van der Waals surface area contributed by atoms with E-state index in [1.54, 1.807) is 18.2 Å². The zero-order chi connectivity index (χ0) is 10.8. The molecule has 1 heterocycles. The Bertz CT molecular complexity index is 391. The molecule has 1 aliphatic heterocycles. The second-order valence-electron chi connectivity index (χ2n) is 3.45. The van der Waals surface area contributed by atoms with Crippen LogP contribution in [0.15, 0.2) is 22.7 Å². The summed E-state index contributed by atoms with van der Waals surface area (Å²) >= 11 is 3.31. The Hall–Kier alpha value is -1.07. The molecule has 80 valence electrons. The molecule has 0 atom stereocenters. The van der Waals surface area contributed by atoms with Crippen molar-refractivity contribution in [2.75, 3.05) is 18.9 Å². The Kier molecular flexibility index (Phi) is 2.93. The first-order valence-corrected chi connectivity index (χ1v) is 5.40. The summed E-state index contributed by atoms with van der Waals surface area (Å²) in [6.07, 6.45) is 0. The number of hydrogen-bond donors (Lipinski definition) is 2. The lowest BCUT2D eigenvalue weighted by Gasteiger charge is -2.26. The normalized spacial score (nSPS) is 15.8. The van der Waals surface area contributed by atoms with Crippen LogP contribution in [-0.4, -0.2) is 25.2 Å². The maximum atomic E-state index is 11.8. The molecule has 0 saturated carbocycles. The van der Waals surface area contributed by atoms with Crippen LogP contribution in [0.2, 0.25) is 0 Å². The van der Waals surface area contributed by atoms with E-state index in [1.165, 1.54) is 0 Å². The summed E-state index contributed by atoms with van der Waals surface area (Å²) in [5, 5.41) is 2.85. The number of hydrogen-bond acceptors (Lipinski definition) is 3. The Morgan fingerprint density at radius 1 is 1.53 bits per heavy atom. The number of rotatable bonds is 2. The van der Waals surface area contributed by atoms with Gasteiger partial charge < -0.3 is 15.8 Å². The van der Waals surface area contributed by atoms with Crippen LogP contribution in [0.5, 0.6) is 0 Å². The van der Waals surface area contributed by atoms with E-state index in [0.29, 0.717) is 24.5 Å². The highest BCUT2D eigenvalue weighted by Gasteiger charge is 2.21. The fourth-order valence-corrected chi connectivity index (χ4v) is 1.73. The second kappa shape index (κ2) is 4.20. The molecule has 1 aromatic rings. The maximum absolute atomic E-state index is 11.8. The quantitative estimate of drug-likeness (QED) is 0.793. The molecule has 2 rings (SSSR count). The van der Waals surface area contributed by atoms with Crippen molar-refractivity contribution in [3.63, 3.8) is 0 Å². The summed E-state index contributed by atoms with van der Waals surface area (Å²) < 4.78 is 5.72. The topological polar surface area (TPSA) is 64.4 Å². The van der Waals surface area contributed by atoms with E-state index in [4.69, 9.17) is 10.5 Å². The van der Waals surface area contributed by atoms with Gasteiger partial charge in [0.25, 0.3) is 5.91 Å². The minimum Gasteiger partial charge on any atom is -0.399 e. The number of ether oxygens (including phenoxy) is 1. The summed E-state index contributed by atoms with van der Waals surface area (Å²) in [6.45, 7) is 1.18. The highest BCUT2D eigenvalue weighted by Crippen LogP contribution is 2.19. The van der Waals surface area contributed by atoms with Crippen molar-refractivity contribution in [2.24, 2.45) is 0 Å². The molecule has 0 radical (unpaired) electrons. The van der Waals surface area contributed by atoms with Crippen molar-refractivity contribution in [1.29, 1.82) is 0 Å². The van der Waals surface area contributed by atoms with E-state index < -0.39 is 0 Å². The molecule has 1 fully saturated rings. The first kappa shape index (κ1) is 10.4.